The Morgan fingerprint density at radius 1 is 1.08 bits per heavy atom. The first kappa shape index (κ1) is 23.7. The molecule has 0 unspecified atom stereocenters. The average Bonchev–Trinajstić information content (AvgIpc) is 3.20. The van der Waals surface area contributed by atoms with Crippen LogP contribution < -0.4 is 14.9 Å². The van der Waals surface area contributed by atoms with E-state index >= 15 is 0 Å². The second kappa shape index (κ2) is 8.99. The van der Waals surface area contributed by atoms with Crippen LogP contribution >= 0.6 is 34.5 Å². The lowest BCUT2D eigenvalue weighted by Gasteiger charge is -2.30. The Balaban J connectivity index is 1.63. The van der Waals surface area contributed by atoms with Crippen LogP contribution in [0.3, 0.4) is 0 Å². The van der Waals surface area contributed by atoms with Crippen LogP contribution in [0.5, 0.6) is 5.75 Å². The van der Waals surface area contributed by atoms with E-state index in [9.17, 15) is 20.0 Å². The summed E-state index contributed by atoms with van der Waals surface area (Å²) in [6.45, 7) is 0. The summed E-state index contributed by atoms with van der Waals surface area (Å²) in [7, 11) is 0. The summed E-state index contributed by atoms with van der Waals surface area (Å²) < 4.78 is 2.02. The maximum Gasteiger partial charge on any atom is 0.271 e. The van der Waals surface area contributed by atoms with E-state index in [1.165, 1.54) is 41.2 Å². The zero-order valence-electron chi connectivity index (χ0n) is 19.0. The van der Waals surface area contributed by atoms with Gasteiger partial charge in [0.15, 0.2) is 10.6 Å². The summed E-state index contributed by atoms with van der Waals surface area (Å²) in [6.07, 6.45) is 3.11. The van der Waals surface area contributed by atoms with Crippen molar-refractivity contribution < 1.29 is 10.0 Å². The minimum Gasteiger partial charge on any atom is -0.505 e. The van der Waals surface area contributed by atoms with E-state index in [0.717, 1.165) is 23.3 Å². The van der Waals surface area contributed by atoms with Gasteiger partial charge in [0.25, 0.3) is 11.2 Å². The van der Waals surface area contributed by atoms with Gasteiger partial charge in [0, 0.05) is 17.7 Å². The molecule has 4 aromatic rings. The molecular formula is C27H17Cl2N3O4S. The first-order valence-electron chi connectivity index (χ1n) is 11.4. The number of hydrogen-bond acceptors (Lipinski definition) is 6. The highest BCUT2D eigenvalue weighted by atomic mass is 35.5. The van der Waals surface area contributed by atoms with Gasteiger partial charge in [-0.1, -0.05) is 70.9 Å². The van der Waals surface area contributed by atoms with Crippen LogP contribution in [0, 0.1) is 10.1 Å². The van der Waals surface area contributed by atoms with E-state index in [4.69, 9.17) is 28.2 Å². The largest absolute Gasteiger partial charge is 0.505 e. The number of benzene rings is 3. The van der Waals surface area contributed by atoms with Gasteiger partial charge >= 0.3 is 0 Å². The number of halogens is 2. The summed E-state index contributed by atoms with van der Waals surface area (Å²) in [5.74, 6) is -0.223. The third-order valence-corrected chi connectivity index (χ3v) is 8.17. The molecule has 0 spiro atoms. The summed E-state index contributed by atoms with van der Waals surface area (Å²) >= 11 is 13.4. The van der Waals surface area contributed by atoms with E-state index in [2.05, 4.69) is 6.07 Å². The van der Waals surface area contributed by atoms with Crippen molar-refractivity contribution in [1.82, 2.24) is 4.57 Å². The molecule has 2 aliphatic rings. The van der Waals surface area contributed by atoms with Gasteiger partial charge in [-0.3, -0.25) is 19.5 Å². The molecule has 1 aliphatic carbocycles. The van der Waals surface area contributed by atoms with Gasteiger partial charge in [-0.25, -0.2) is 4.99 Å². The van der Waals surface area contributed by atoms with E-state index in [-0.39, 0.29) is 27.0 Å². The number of aryl methyl sites for hydroxylation is 1. The number of allylic oxidation sites excluding steroid dienone is 1. The Bertz CT molecular complexity index is 1820. The predicted octanol–water partition coefficient (Wildman–Crippen LogP) is 5.24. The summed E-state index contributed by atoms with van der Waals surface area (Å²) in [6, 6.07) is 17.0. The van der Waals surface area contributed by atoms with Crippen LogP contribution in [0.15, 0.2) is 76.0 Å². The third-order valence-electron chi connectivity index (χ3n) is 6.61. The van der Waals surface area contributed by atoms with Gasteiger partial charge in [-0.2, -0.15) is 0 Å². The molecule has 2 heterocycles. The van der Waals surface area contributed by atoms with Crippen molar-refractivity contribution in [1.29, 1.82) is 0 Å². The van der Waals surface area contributed by atoms with Crippen molar-refractivity contribution in [3.63, 3.8) is 0 Å². The minimum atomic E-state index is -0.534. The molecule has 0 bridgehead atoms. The molecule has 0 amide bonds. The summed E-state index contributed by atoms with van der Waals surface area (Å²) in [4.78, 5) is 30.3. The normalized spacial score (nSPS) is 16.6. The molecule has 10 heteroatoms. The number of phenolic OH excluding ortho intramolecular Hbond substituents is 1. The van der Waals surface area contributed by atoms with Crippen molar-refractivity contribution in [2.75, 3.05) is 0 Å². The Kier molecular flexibility index (Phi) is 5.75. The highest BCUT2D eigenvalue weighted by molar-refractivity contribution is 7.07. The fourth-order valence-electron chi connectivity index (χ4n) is 4.95. The number of rotatable bonds is 3. The van der Waals surface area contributed by atoms with E-state index in [1.807, 2.05) is 24.3 Å². The maximum atomic E-state index is 13.8. The number of aromatic hydroxyl groups is 1. The molecule has 1 atom stereocenters. The molecule has 3 aromatic carbocycles. The third kappa shape index (κ3) is 3.98. The number of nitrogens with zero attached hydrogens (tertiary/aromatic N) is 3. The maximum absolute atomic E-state index is 13.8. The summed E-state index contributed by atoms with van der Waals surface area (Å²) in [5.41, 5.74) is 4.84. The highest BCUT2D eigenvalue weighted by Gasteiger charge is 2.33. The number of nitro groups is 1. The van der Waals surface area contributed by atoms with Crippen molar-refractivity contribution in [3.8, 4) is 5.75 Å². The van der Waals surface area contributed by atoms with Crippen LogP contribution in [0.25, 0.3) is 11.8 Å². The molecule has 0 saturated heterocycles. The van der Waals surface area contributed by atoms with Gasteiger partial charge in [0.1, 0.15) is 0 Å². The Hall–Kier alpha value is -3.72. The van der Waals surface area contributed by atoms with Gasteiger partial charge in [0.05, 0.1) is 31.2 Å². The average molecular weight is 550 g/mol. The zero-order valence-corrected chi connectivity index (χ0v) is 21.3. The van der Waals surface area contributed by atoms with E-state index in [0.29, 0.717) is 26.9 Å². The Morgan fingerprint density at radius 2 is 1.84 bits per heavy atom. The van der Waals surface area contributed by atoms with Gasteiger partial charge < -0.3 is 5.11 Å². The molecular weight excluding hydrogens is 533 g/mol. The van der Waals surface area contributed by atoms with Gasteiger partial charge in [-0.15, -0.1) is 0 Å². The molecule has 1 aromatic heterocycles. The number of nitro benzene ring substituents is 1. The number of aromatic nitrogens is 1. The molecule has 0 radical (unpaired) electrons. The standard InChI is InChI=1S/C27H17Cl2N3O4S/c28-20-10-14(11-21(29)25(20)33)12-22-26(34)31-24(16-5-3-6-17(13-16)32(35)36)19-9-8-15-4-1-2-7-18(15)23(19)30-27(31)37-22/h1-7,10-13,24,33H,8-9H2/b22-12+/t24-/m0/s1. The molecule has 37 heavy (non-hydrogen) atoms. The smallest absolute Gasteiger partial charge is 0.271 e. The van der Waals surface area contributed by atoms with E-state index < -0.39 is 11.0 Å². The van der Waals surface area contributed by atoms with Crippen LogP contribution in [-0.4, -0.2) is 14.6 Å². The monoisotopic (exact) mass is 549 g/mol. The van der Waals surface area contributed by atoms with Crippen LogP contribution in [0.1, 0.15) is 34.7 Å². The summed E-state index contributed by atoms with van der Waals surface area (Å²) in [5, 5.41) is 21.6. The fourth-order valence-corrected chi connectivity index (χ4v) is 6.46. The first-order valence-corrected chi connectivity index (χ1v) is 12.9. The first-order chi connectivity index (χ1) is 17.8. The lowest BCUT2D eigenvalue weighted by molar-refractivity contribution is -0.384. The number of hydrogen-bond donors (Lipinski definition) is 1. The van der Waals surface area contributed by atoms with Gasteiger partial charge in [-0.05, 0) is 53.3 Å². The molecule has 0 saturated carbocycles. The zero-order chi connectivity index (χ0) is 25.8. The number of phenols is 1. The fraction of sp³-hybridized carbons (Fsp3) is 0.111. The highest BCUT2D eigenvalue weighted by Crippen LogP contribution is 2.41. The number of thiazole rings is 1. The second-order valence-electron chi connectivity index (χ2n) is 8.80. The lowest BCUT2D eigenvalue weighted by atomic mass is 9.83. The van der Waals surface area contributed by atoms with Gasteiger partial charge in [0.2, 0.25) is 0 Å². The second-order valence-corrected chi connectivity index (χ2v) is 10.6. The van der Waals surface area contributed by atoms with Crippen LogP contribution in [0.2, 0.25) is 10.0 Å². The minimum absolute atomic E-state index is 0.0386. The topological polar surface area (TPSA) is 97.7 Å². The van der Waals surface area contributed by atoms with Crippen molar-refractivity contribution in [2.24, 2.45) is 4.99 Å². The molecule has 7 nitrogen and oxygen atoms in total. The van der Waals surface area contributed by atoms with Crippen molar-refractivity contribution in [3.05, 3.63) is 128 Å². The quantitative estimate of drug-likeness (QED) is 0.279. The van der Waals surface area contributed by atoms with Crippen molar-refractivity contribution in [2.45, 2.75) is 18.9 Å². The molecule has 0 fully saturated rings. The predicted molar refractivity (Wildman–Crippen MR) is 144 cm³/mol. The van der Waals surface area contributed by atoms with Crippen LogP contribution in [-0.2, 0) is 6.42 Å². The van der Waals surface area contributed by atoms with E-state index in [1.54, 1.807) is 16.7 Å². The van der Waals surface area contributed by atoms with Crippen molar-refractivity contribution >= 4 is 52.0 Å². The Labute approximate surface area is 224 Å². The molecule has 6 rings (SSSR count). The van der Waals surface area contributed by atoms with Crippen LogP contribution in [0.4, 0.5) is 5.69 Å². The molecule has 1 aliphatic heterocycles. The SMILES string of the molecule is O=c1/c(=C\c2cc(Cl)c(O)c(Cl)c2)sc2n1[C@@H](c1cccc([N+](=O)[O-])c1)C1=C(N=2)c2ccccc2CC1. The lowest BCUT2D eigenvalue weighted by Crippen LogP contribution is -2.38. The molecule has 184 valence electrons. The number of fused-ring (bicyclic) bond motifs is 3. The number of non-ortho nitro benzene ring substituents is 1. The Morgan fingerprint density at radius 3 is 2.59 bits per heavy atom. The molecule has 1 N–H and O–H groups in total.